The summed E-state index contributed by atoms with van der Waals surface area (Å²) in [5.74, 6) is -0.350. The van der Waals surface area contributed by atoms with E-state index < -0.39 is 6.09 Å². The van der Waals surface area contributed by atoms with E-state index in [9.17, 15) is 9.59 Å². The number of carbonyl (C=O) groups is 2. The van der Waals surface area contributed by atoms with E-state index in [0.29, 0.717) is 5.56 Å². The molecule has 0 saturated heterocycles. The van der Waals surface area contributed by atoms with Crippen LogP contribution in [0.25, 0.3) is 0 Å². The van der Waals surface area contributed by atoms with Crippen LogP contribution in [0, 0.1) is 6.92 Å². The lowest BCUT2D eigenvalue weighted by atomic mass is 10.1. The standard InChI is InChI=1S/C11H13N3O3S/c1-7-5-3-4-6-8(7)9(15)12-10(18)13-14-11(16)17-2/h3-6H,1-2H3,(H,14,16)(H2,12,13,15,18). The van der Waals surface area contributed by atoms with E-state index >= 15 is 0 Å². The van der Waals surface area contributed by atoms with E-state index in [0.717, 1.165) is 5.56 Å². The molecule has 1 aromatic rings. The number of rotatable bonds is 1. The van der Waals surface area contributed by atoms with Crippen LogP contribution in [-0.4, -0.2) is 24.2 Å². The number of aryl methyl sites for hydroxylation is 1. The molecule has 0 spiro atoms. The van der Waals surface area contributed by atoms with Gasteiger partial charge in [-0.05, 0) is 30.8 Å². The van der Waals surface area contributed by atoms with E-state index in [4.69, 9.17) is 12.2 Å². The molecule has 0 saturated carbocycles. The van der Waals surface area contributed by atoms with Gasteiger partial charge in [0.1, 0.15) is 0 Å². The van der Waals surface area contributed by atoms with Crippen LogP contribution in [0.1, 0.15) is 15.9 Å². The number of hydrogen-bond acceptors (Lipinski definition) is 4. The molecule has 18 heavy (non-hydrogen) atoms. The average molecular weight is 267 g/mol. The van der Waals surface area contributed by atoms with Crippen LogP contribution < -0.4 is 16.2 Å². The Hall–Kier alpha value is -2.15. The van der Waals surface area contributed by atoms with Crippen molar-refractivity contribution in [3.63, 3.8) is 0 Å². The van der Waals surface area contributed by atoms with Gasteiger partial charge in [-0.15, -0.1) is 0 Å². The molecule has 1 rings (SSSR count). The lowest BCUT2D eigenvalue weighted by molar-refractivity contribution is 0.0975. The highest BCUT2D eigenvalue weighted by Gasteiger charge is 2.10. The smallest absolute Gasteiger partial charge is 0.425 e. The Morgan fingerprint density at radius 3 is 2.50 bits per heavy atom. The Bertz CT molecular complexity index is 476. The molecule has 0 unspecified atom stereocenters. The number of thiocarbonyl (C=S) groups is 1. The number of nitrogens with one attached hydrogen (secondary N) is 3. The minimum atomic E-state index is -0.706. The number of hydrazine groups is 1. The normalized spacial score (nSPS) is 9.22. The zero-order chi connectivity index (χ0) is 13.5. The molecule has 96 valence electrons. The molecule has 0 radical (unpaired) electrons. The quantitative estimate of drug-likeness (QED) is 0.520. The van der Waals surface area contributed by atoms with Gasteiger partial charge >= 0.3 is 6.09 Å². The second-order valence-electron chi connectivity index (χ2n) is 3.34. The van der Waals surface area contributed by atoms with Crippen LogP contribution >= 0.6 is 12.2 Å². The molecule has 0 aliphatic carbocycles. The summed E-state index contributed by atoms with van der Waals surface area (Å²) in [4.78, 5) is 22.6. The first-order valence-corrected chi connectivity index (χ1v) is 5.46. The molecule has 0 aliphatic heterocycles. The molecule has 0 aromatic heterocycles. The van der Waals surface area contributed by atoms with Gasteiger partial charge in [-0.1, -0.05) is 18.2 Å². The molecule has 0 fully saturated rings. The fourth-order valence-electron chi connectivity index (χ4n) is 1.19. The third-order valence-corrected chi connectivity index (χ3v) is 2.28. The van der Waals surface area contributed by atoms with E-state index in [1.165, 1.54) is 7.11 Å². The van der Waals surface area contributed by atoms with Gasteiger partial charge in [0.25, 0.3) is 5.91 Å². The van der Waals surface area contributed by atoms with Crippen molar-refractivity contribution in [1.82, 2.24) is 16.2 Å². The second kappa shape index (κ2) is 6.55. The maximum Gasteiger partial charge on any atom is 0.425 e. The van der Waals surface area contributed by atoms with Crippen LogP contribution in [-0.2, 0) is 4.74 Å². The van der Waals surface area contributed by atoms with Crippen molar-refractivity contribution in [3.05, 3.63) is 35.4 Å². The Morgan fingerprint density at radius 2 is 1.89 bits per heavy atom. The number of hydrogen-bond donors (Lipinski definition) is 3. The molecule has 0 atom stereocenters. The van der Waals surface area contributed by atoms with Crippen LogP contribution in [0.4, 0.5) is 4.79 Å². The molecule has 0 aliphatic rings. The highest BCUT2D eigenvalue weighted by atomic mass is 32.1. The number of amides is 2. The third-order valence-electron chi connectivity index (χ3n) is 2.08. The first-order chi connectivity index (χ1) is 8.54. The van der Waals surface area contributed by atoms with Gasteiger partial charge in [0.15, 0.2) is 5.11 Å². The van der Waals surface area contributed by atoms with Crippen molar-refractivity contribution in [3.8, 4) is 0 Å². The first kappa shape index (κ1) is 13.9. The predicted molar refractivity (Wildman–Crippen MR) is 69.9 cm³/mol. The lowest BCUT2D eigenvalue weighted by Crippen LogP contribution is -2.48. The summed E-state index contributed by atoms with van der Waals surface area (Å²) in [7, 11) is 1.21. The molecule has 0 heterocycles. The summed E-state index contributed by atoms with van der Waals surface area (Å²) in [6.45, 7) is 1.82. The second-order valence-corrected chi connectivity index (χ2v) is 3.75. The van der Waals surface area contributed by atoms with Gasteiger partial charge < -0.3 is 4.74 Å². The lowest BCUT2D eigenvalue weighted by Gasteiger charge is -2.10. The van der Waals surface area contributed by atoms with Crippen molar-refractivity contribution in [2.75, 3.05) is 7.11 Å². The fourth-order valence-corrected chi connectivity index (χ4v) is 1.33. The van der Waals surface area contributed by atoms with E-state index in [1.54, 1.807) is 12.1 Å². The summed E-state index contributed by atoms with van der Waals surface area (Å²) < 4.78 is 4.32. The van der Waals surface area contributed by atoms with Crippen molar-refractivity contribution >= 4 is 29.3 Å². The Morgan fingerprint density at radius 1 is 1.22 bits per heavy atom. The third kappa shape index (κ3) is 4.02. The highest BCUT2D eigenvalue weighted by Crippen LogP contribution is 2.06. The van der Waals surface area contributed by atoms with Crippen molar-refractivity contribution in [2.45, 2.75) is 6.92 Å². The SMILES string of the molecule is COC(=O)NNC(=S)NC(=O)c1ccccc1C. The summed E-state index contributed by atoms with van der Waals surface area (Å²) in [5, 5.41) is 2.41. The van der Waals surface area contributed by atoms with Crippen LogP contribution in [0.2, 0.25) is 0 Å². The maximum atomic E-state index is 11.8. The molecule has 1 aromatic carbocycles. The molecule has 6 nitrogen and oxygen atoms in total. The van der Waals surface area contributed by atoms with Gasteiger partial charge in [0.2, 0.25) is 0 Å². The zero-order valence-electron chi connectivity index (χ0n) is 9.94. The number of methoxy groups -OCH3 is 1. The Balaban J connectivity index is 2.53. The topological polar surface area (TPSA) is 79.5 Å². The zero-order valence-corrected chi connectivity index (χ0v) is 10.8. The number of carbonyl (C=O) groups excluding carboxylic acids is 2. The van der Waals surface area contributed by atoms with Crippen LogP contribution in [0.5, 0.6) is 0 Å². The summed E-state index contributed by atoms with van der Waals surface area (Å²) >= 11 is 4.83. The van der Waals surface area contributed by atoms with E-state index in [1.807, 2.05) is 19.1 Å². The average Bonchev–Trinajstić information content (AvgIpc) is 2.36. The first-order valence-electron chi connectivity index (χ1n) is 5.05. The Labute approximate surface area is 110 Å². The van der Waals surface area contributed by atoms with Gasteiger partial charge in [-0.25, -0.2) is 10.2 Å². The van der Waals surface area contributed by atoms with Gasteiger partial charge in [0, 0.05) is 5.56 Å². The van der Waals surface area contributed by atoms with E-state index in [2.05, 4.69) is 20.9 Å². The van der Waals surface area contributed by atoms with Crippen molar-refractivity contribution in [1.29, 1.82) is 0 Å². The summed E-state index contributed by atoms with van der Waals surface area (Å²) in [6.07, 6.45) is -0.706. The van der Waals surface area contributed by atoms with Gasteiger partial charge in [-0.3, -0.25) is 15.5 Å². The number of benzene rings is 1. The maximum absolute atomic E-state index is 11.8. The molecular weight excluding hydrogens is 254 g/mol. The molecule has 2 amide bonds. The molecule has 3 N–H and O–H groups in total. The van der Waals surface area contributed by atoms with Crippen LogP contribution in [0.3, 0.4) is 0 Å². The highest BCUT2D eigenvalue weighted by molar-refractivity contribution is 7.80. The summed E-state index contributed by atoms with van der Waals surface area (Å²) in [5.41, 5.74) is 5.81. The number of ether oxygens (including phenoxy) is 1. The van der Waals surface area contributed by atoms with Crippen molar-refractivity contribution in [2.24, 2.45) is 0 Å². The van der Waals surface area contributed by atoms with Crippen molar-refractivity contribution < 1.29 is 14.3 Å². The predicted octanol–water partition coefficient (Wildman–Crippen LogP) is 0.870. The van der Waals surface area contributed by atoms with E-state index in [-0.39, 0.29) is 11.0 Å². The minimum absolute atomic E-state index is 0.0198. The molecule has 0 bridgehead atoms. The minimum Gasteiger partial charge on any atom is -0.452 e. The fraction of sp³-hybridized carbons (Fsp3) is 0.182. The van der Waals surface area contributed by atoms with Gasteiger partial charge in [-0.2, -0.15) is 0 Å². The monoisotopic (exact) mass is 267 g/mol. The molecule has 7 heteroatoms. The summed E-state index contributed by atoms with van der Waals surface area (Å²) in [6, 6.07) is 7.09. The van der Waals surface area contributed by atoms with Gasteiger partial charge in [0.05, 0.1) is 7.11 Å². The largest absolute Gasteiger partial charge is 0.452 e. The molecular formula is C11H13N3O3S. The Kier molecular flexibility index (Phi) is 5.06. The van der Waals surface area contributed by atoms with Crippen LogP contribution in [0.15, 0.2) is 24.3 Å².